The van der Waals surface area contributed by atoms with Gasteiger partial charge in [0, 0.05) is 5.33 Å². The number of hydrogen-bond donors (Lipinski definition) is 0. The number of benzene rings is 1. The summed E-state index contributed by atoms with van der Waals surface area (Å²) < 4.78 is 16.8. The summed E-state index contributed by atoms with van der Waals surface area (Å²) in [5.41, 5.74) is 0. The van der Waals surface area contributed by atoms with Crippen molar-refractivity contribution in [1.82, 2.24) is 0 Å². The van der Waals surface area contributed by atoms with E-state index in [1.165, 1.54) is 6.92 Å². The molecule has 1 aliphatic heterocycles. The SMILES string of the molecule is CC(=O)C1COc2c(OCCCBr)cccc2O1. The topological polar surface area (TPSA) is 44.8 Å². The molecule has 2 rings (SSSR count). The molecule has 0 spiro atoms. The van der Waals surface area contributed by atoms with Crippen LogP contribution in [0.3, 0.4) is 0 Å². The van der Waals surface area contributed by atoms with E-state index in [0.717, 1.165) is 11.8 Å². The molecule has 0 fully saturated rings. The normalized spacial score (nSPS) is 17.3. The quantitative estimate of drug-likeness (QED) is 0.619. The molecule has 1 atom stereocenters. The van der Waals surface area contributed by atoms with Crippen LogP contribution in [0.5, 0.6) is 17.2 Å². The molecule has 0 aromatic heterocycles. The van der Waals surface area contributed by atoms with Crippen LogP contribution in [0.4, 0.5) is 0 Å². The van der Waals surface area contributed by atoms with E-state index in [1.54, 1.807) is 6.07 Å². The van der Waals surface area contributed by atoms with Gasteiger partial charge in [-0.15, -0.1) is 0 Å². The lowest BCUT2D eigenvalue weighted by molar-refractivity contribution is -0.125. The largest absolute Gasteiger partial charge is 0.490 e. The predicted octanol–water partition coefficient (Wildman–Crippen LogP) is 2.58. The Bertz CT molecular complexity index is 433. The van der Waals surface area contributed by atoms with Crippen molar-refractivity contribution < 1.29 is 19.0 Å². The maximum absolute atomic E-state index is 11.3. The zero-order valence-electron chi connectivity index (χ0n) is 10.1. The summed E-state index contributed by atoms with van der Waals surface area (Å²) in [6, 6.07) is 5.44. The van der Waals surface area contributed by atoms with Crippen LogP contribution in [-0.4, -0.2) is 30.4 Å². The van der Waals surface area contributed by atoms with E-state index in [9.17, 15) is 4.79 Å². The van der Waals surface area contributed by atoms with Gasteiger partial charge in [-0.25, -0.2) is 0 Å². The molecule has 1 unspecified atom stereocenters. The fourth-order valence-corrected chi connectivity index (χ4v) is 1.86. The van der Waals surface area contributed by atoms with Crippen LogP contribution in [0.15, 0.2) is 18.2 Å². The summed E-state index contributed by atoms with van der Waals surface area (Å²) in [6.07, 6.45) is 0.399. The molecule has 0 N–H and O–H groups in total. The Kier molecular flexibility index (Phi) is 4.47. The van der Waals surface area contributed by atoms with Gasteiger partial charge in [0.25, 0.3) is 0 Å². The molecule has 1 aromatic rings. The molecule has 0 saturated carbocycles. The number of ketones is 1. The predicted molar refractivity (Wildman–Crippen MR) is 70.9 cm³/mol. The van der Waals surface area contributed by atoms with Crippen LogP contribution in [0.2, 0.25) is 0 Å². The second-order valence-corrected chi connectivity index (χ2v) is 4.80. The minimum Gasteiger partial charge on any atom is -0.490 e. The summed E-state index contributed by atoms with van der Waals surface area (Å²) >= 11 is 3.35. The van der Waals surface area contributed by atoms with Gasteiger partial charge in [0.1, 0.15) is 6.61 Å². The van der Waals surface area contributed by atoms with E-state index in [-0.39, 0.29) is 12.4 Å². The average Bonchev–Trinajstić information content (AvgIpc) is 2.38. The first-order chi connectivity index (χ1) is 8.72. The summed E-state index contributed by atoms with van der Waals surface area (Å²) in [5.74, 6) is 1.78. The monoisotopic (exact) mass is 314 g/mol. The number of hydrogen-bond acceptors (Lipinski definition) is 4. The molecule has 1 heterocycles. The lowest BCUT2D eigenvalue weighted by Crippen LogP contribution is -2.35. The molecule has 4 nitrogen and oxygen atoms in total. The van der Waals surface area contributed by atoms with Crippen molar-refractivity contribution >= 4 is 21.7 Å². The third-order valence-corrected chi connectivity index (χ3v) is 3.14. The van der Waals surface area contributed by atoms with Crippen LogP contribution in [-0.2, 0) is 4.79 Å². The second-order valence-electron chi connectivity index (χ2n) is 4.00. The van der Waals surface area contributed by atoms with Crippen LogP contribution in [0.1, 0.15) is 13.3 Å². The third-order valence-electron chi connectivity index (χ3n) is 2.58. The number of fused-ring (bicyclic) bond motifs is 1. The molecule has 0 radical (unpaired) electrons. The number of halogens is 1. The van der Waals surface area contributed by atoms with E-state index in [1.807, 2.05) is 12.1 Å². The van der Waals surface area contributed by atoms with Crippen molar-refractivity contribution in [3.05, 3.63) is 18.2 Å². The summed E-state index contributed by atoms with van der Waals surface area (Å²) in [7, 11) is 0. The van der Waals surface area contributed by atoms with Gasteiger partial charge in [-0.3, -0.25) is 4.79 Å². The molecule has 98 valence electrons. The molecule has 1 aliphatic rings. The number of ether oxygens (including phenoxy) is 3. The Balaban J connectivity index is 2.11. The Hall–Kier alpha value is -1.23. The number of carbonyl (C=O) groups is 1. The van der Waals surface area contributed by atoms with Gasteiger partial charge >= 0.3 is 0 Å². The van der Waals surface area contributed by atoms with Crippen molar-refractivity contribution in [2.45, 2.75) is 19.4 Å². The van der Waals surface area contributed by atoms with E-state index in [0.29, 0.717) is 23.9 Å². The number of Topliss-reactive ketones (excluding diaryl/α,β-unsaturated/α-hetero) is 1. The molecule has 0 aliphatic carbocycles. The van der Waals surface area contributed by atoms with Gasteiger partial charge < -0.3 is 14.2 Å². The molecular weight excluding hydrogens is 300 g/mol. The van der Waals surface area contributed by atoms with Crippen molar-refractivity contribution in [1.29, 1.82) is 0 Å². The van der Waals surface area contributed by atoms with Gasteiger partial charge in [-0.05, 0) is 25.5 Å². The summed E-state index contributed by atoms with van der Waals surface area (Å²) in [6.45, 7) is 2.34. The molecule has 5 heteroatoms. The minimum atomic E-state index is -0.518. The van der Waals surface area contributed by atoms with Crippen LogP contribution >= 0.6 is 15.9 Å². The first kappa shape index (κ1) is 13.2. The van der Waals surface area contributed by atoms with E-state index >= 15 is 0 Å². The Morgan fingerprint density at radius 3 is 3.11 bits per heavy atom. The maximum atomic E-state index is 11.3. The first-order valence-electron chi connectivity index (χ1n) is 5.84. The highest BCUT2D eigenvalue weighted by Gasteiger charge is 2.26. The molecule has 18 heavy (non-hydrogen) atoms. The maximum Gasteiger partial charge on any atom is 0.203 e. The Morgan fingerprint density at radius 2 is 2.39 bits per heavy atom. The van der Waals surface area contributed by atoms with Crippen LogP contribution in [0, 0.1) is 0 Å². The molecule has 0 amide bonds. The van der Waals surface area contributed by atoms with E-state index < -0.39 is 6.10 Å². The lowest BCUT2D eigenvalue weighted by Gasteiger charge is -2.26. The van der Waals surface area contributed by atoms with Gasteiger partial charge in [0.05, 0.1) is 6.61 Å². The second kappa shape index (κ2) is 6.09. The highest BCUT2D eigenvalue weighted by Crippen LogP contribution is 2.40. The summed E-state index contributed by atoms with van der Waals surface area (Å²) in [5, 5.41) is 0.895. The van der Waals surface area contributed by atoms with E-state index in [2.05, 4.69) is 15.9 Å². The molecule has 0 saturated heterocycles. The van der Waals surface area contributed by atoms with Crippen LogP contribution in [0.25, 0.3) is 0 Å². The highest BCUT2D eigenvalue weighted by molar-refractivity contribution is 9.09. The standard InChI is InChI=1S/C13H15BrO4/c1-9(15)12-8-17-13-10(16-7-3-6-14)4-2-5-11(13)18-12/h2,4-5,12H,3,6-8H2,1H3. The fourth-order valence-electron chi connectivity index (χ4n) is 1.63. The third kappa shape index (κ3) is 2.96. The van der Waals surface area contributed by atoms with Crippen LogP contribution < -0.4 is 14.2 Å². The molecule has 0 bridgehead atoms. The Labute approximate surface area is 114 Å². The fraction of sp³-hybridized carbons (Fsp3) is 0.462. The zero-order chi connectivity index (χ0) is 13.0. The minimum absolute atomic E-state index is 0.0359. The first-order valence-corrected chi connectivity index (χ1v) is 6.96. The Morgan fingerprint density at radius 1 is 1.56 bits per heavy atom. The van der Waals surface area contributed by atoms with E-state index in [4.69, 9.17) is 14.2 Å². The number of rotatable bonds is 5. The lowest BCUT2D eigenvalue weighted by atomic mass is 10.2. The van der Waals surface area contributed by atoms with Gasteiger partial charge in [-0.1, -0.05) is 22.0 Å². The van der Waals surface area contributed by atoms with Crippen molar-refractivity contribution in [3.63, 3.8) is 0 Å². The molecular formula is C13H15BrO4. The van der Waals surface area contributed by atoms with Crippen molar-refractivity contribution in [3.8, 4) is 17.2 Å². The highest BCUT2D eigenvalue weighted by atomic mass is 79.9. The smallest absolute Gasteiger partial charge is 0.203 e. The number of alkyl halides is 1. The number of carbonyl (C=O) groups excluding carboxylic acids is 1. The average molecular weight is 315 g/mol. The van der Waals surface area contributed by atoms with Gasteiger partial charge in [-0.2, -0.15) is 0 Å². The van der Waals surface area contributed by atoms with Crippen molar-refractivity contribution in [2.75, 3.05) is 18.5 Å². The van der Waals surface area contributed by atoms with Crippen molar-refractivity contribution in [2.24, 2.45) is 0 Å². The molecule has 1 aromatic carbocycles. The summed E-state index contributed by atoms with van der Waals surface area (Å²) in [4.78, 5) is 11.3. The van der Waals surface area contributed by atoms with Gasteiger partial charge in [0.2, 0.25) is 5.75 Å². The number of para-hydroxylation sites is 1. The van der Waals surface area contributed by atoms with Gasteiger partial charge in [0.15, 0.2) is 23.4 Å². The zero-order valence-corrected chi connectivity index (χ0v) is 11.7.